The van der Waals surface area contributed by atoms with Crippen LogP contribution in [0, 0.1) is 18.6 Å². The van der Waals surface area contributed by atoms with Crippen LogP contribution in [0.3, 0.4) is 0 Å². The van der Waals surface area contributed by atoms with Gasteiger partial charge in [-0.15, -0.1) is 17.9 Å². The van der Waals surface area contributed by atoms with E-state index < -0.39 is 23.3 Å². The number of carbonyl (C=O) groups excluding carboxylic acids is 1. The molecule has 2 aliphatic rings. The number of thiazole rings is 1. The number of rotatable bonds is 8. The fourth-order valence-electron chi connectivity index (χ4n) is 4.89. The maximum Gasteiger partial charge on any atom is 0.257 e. The average Bonchev–Trinajstić information content (AvgIpc) is 3.34. The zero-order valence-corrected chi connectivity index (χ0v) is 23.3. The van der Waals surface area contributed by atoms with E-state index >= 15 is 0 Å². The quantitative estimate of drug-likeness (QED) is 0.397. The normalized spacial score (nSPS) is 22.9. The number of carbonyl (C=O) groups is 1. The minimum absolute atomic E-state index is 0.106. The Labute approximate surface area is 222 Å². The highest BCUT2D eigenvalue weighted by molar-refractivity contribution is 7.09. The summed E-state index contributed by atoms with van der Waals surface area (Å²) in [4.78, 5) is 19.7. The van der Waals surface area contributed by atoms with Gasteiger partial charge in [0, 0.05) is 25.3 Å². The number of allylic oxidation sites excluding steroid dienone is 1. The van der Waals surface area contributed by atoms with Crippen LogP contribution in [-0.4, -0.2) is 34.2 Å². The summed E-state index contributed by atoms with van der Waals surface area (Å²) in [5.74, 6) is -0.562. The number of nitrogens with zero attached hydrogens (tertiary/aromatic N) is 2. The molecule has 1 aromatic carbocycles. The van der Waals surface area contributed by atoms with E-state index in [2.05, 4.69) is 26.5 Å². The first-order chi connectivity index (χ1) is 17.7. The fourth-order valence-corrected chi connectivity index (χ4v) is 5.85. The third-order valence-corrected chi connectivity index (χ3v) is 7.44. The second kappa shape index (κ2) is 12.8. The Morgan fingerprint density at radius 1 is 1.30 bits per heavy atom. The Kier molecular flexibility index (Phi) is 10.0. The first-order valence-electron chi connectivity index (χ1n) is 13.0. The molecular weight excluding hydrogens is 494 g/mol. The van der Waals surface area contributed by atoms with Gasteiger partial charge in [-0.1, -0.05) is 32.9 Å². The van der Waals surface area contributed by atoms with Crippen molar-refractivity contribution in [2.45, 2.75) is 90.9 Å². The minimum Gasteiger partial charge on any atom is -0.492 e. The average molecular weight is 533 g/mol. The molecule has 8 heteroatoms. The molecule has 202 valence electrons. The number of benzene rings is 1. The number of aryl methyl sites for hydroxylation is 1. The summed E-state index contributed by atoms with van der Waals surface area (Å²) >= 11 is 1.66. The number of halogens is 2. The Morgan fingerprint density at radius 2 is 1.95 bits per heavy atom. The van der Waals surface area contributed by atoms with E-state index in [1.54, 1.807) is 22.3 Å². The number of hydrogen-bond acceptors (Lipinski definition) is 5. The van der Waals surface area contributed by atoms with Crippen LogP contribution in [0.4, 0.5) is 8.78 Å². The molecule has 1 amide bonds. The zero-order chi connectivity index (χ0) is 27.2. The van der Waals surface area contributed by atoms with Crippen LogP contribution in [0.25, 0.3) is 11.8 Å². The first-order valence-corrected chi connectivity index (χ1v) is 13.8. The monoisotopic (exact) mass is 532 g/mol. The van der Waals surface area contributed by atoms with Gasteiger partial charge in [0.1, 0.15) is 35.6 Å². The highest BCUT2D eigenvalue weighted by atomic mass is 32.1. The van der Waals surface area contributed by atoms with Crippen LogP contribution in [-0.2, 0) is 14.3 Å². The van der Waals surface area contributed by atoms with Gasteiger partial charge < -0.3 is 14.4 Å². The summed E-state index contributed by atoms with van der Waals surface area (Å²) in [7, 11) is 0. The van der Waals surface area contributed by atoms with Crippen molar-refractivity contribution in [2.75, 3.05) is 6.73 Å². The van der Waals surface area contributed by atoms with E-state index in [9.17, 15) is 13.6 Å². The molecule has 0 radical (unpaired) electrons. The Hall–Kier alpha value is -2.58. The van der Waals surface area contributed by atoms with Crippen LogP contribution in [0.1, 0.15) is 82.8 Å². The minimum atomic E-state index is -0.919. The van der Waals surface area contributed by atoms with Crippen molar-refractivity contribution in [3.8, 4) is 0 Å². The van der Waals surface area contributed by atoms with Crippen molar-refractivity contribution in [1.82, 2.24) is 9.88 Å². The zero-order valence-electron chi connectivity index (χ0n) is 22.5. The van der Waals surface area contributed by atoms with Gasteiger partial charge in [-0.25, -0.2) is 13.8 Å². The largest absolute Gasteiger partial charge is 0.492 e. The van der Waals surface area contributed by atoms with Crippen LogP contribution in [0.2, 0.25) is 0 Å². The van der Waals surface area contributed by atoms with Crippen molar-refractivity contribution >= 4 is 29.1 Å². The molecule has 2 aromatic rings. The van der Waals surface area contributed by atoms with E-state index in [-0.39, 0.29) is 18.7 Å². The van der Waals surface area contributed by atoms with Crippen molar-refractivity contribution in [2.24, 2.45) is 0 Å². The second-order valence-corrected chi connectivity index (χ2v) is 10.7. The maximum absolute atomic E-state index is 13.8. The van der Waals surface area contributed by atoms with Crippen LogP contribution < -0.4 is 9.88 Å². The molecule has 1 saturated heterocycles. The molecule has 5 nitrogen and oxygen atoms in total. The van der Waals surface area contributed by atoms with Gasteiger partial charge in [-0.05, 0) is 50.8 Å². The molecule has 2 fully saturated rings. The molecular formula is C29H38F2N2O3S. The lowest BCUT2D eigenvalue weighted by Gasteiger charge is -2.42. The third kappa shape index (κ3) is 6.47. The van der Waals surface area contributed by atoms with E-state index in [0.717, 1.165) is 46.0 Å². The predicted octanol–water partition coefficient (Wildman–Crippen LogP) is 5.91. The van der Waals surface area contributed by atoms with Crippen LogP contribution in [0.5, 0.6) is 0 Å². The van der Waals surface area contributed by atoms with Gasteiger partial charge in [0.2, 0.25) is 0 Å². The molecule has 1 atom stereocenters. The number of hydrogen-bond donors (Lipinski definition) is 0. The summed E-state index contributed by atoms with van der Waals surface area (Å²) in [6, 6.07) is 2.97. The number of amides is 1. The highest BCUT2D eigenvalue weighted by Gasteiger charge is 2.59. The van der Waals surface area contributed by atoms with Crippen molar-refractivity contribution in [3.05, 3.63) is 62.9 Å². The lowest BCUT2D eigenvalue weighted by molar-refractivity contribution is -0.158. The Balaban J connectivity index is 0.00000121. The SMILES string of the molecule is C=CC.CC/C=c1/sc(C)n/c1=C(/CCC)OC1CC2(C1)OCN(C(CC)c1cc(F)cc(F)c1)C2=O. The van der Waals surface area contributed by atoms with E-state index in [1.165, 1.54) is 12.1 Å². The standard InChI is InChI=1S/C26H32F2N2O3S.C3H6/c1-5-8-22(24-23(9-6-2)34-16(4)29-24)33-20-13-26(14-20)25(31)30(15-32-26)21(7-3)17-10-18(27)12-19(28)11-17;1-3-2/h9-12,20-21H,5-8,13-15H2,1-4H3;3H,1H2,2H3/b23-9+,24-22-;. The molecule has 0 bridgehead atoms. The van der Waals surface area contributed by atoms with Crippen molar-refractivity contribution < 1.29 is 23.0 Å². The van der Waals surface area contributed by atoms with E-state index in [1.807, 2.05) is 20.8 Å². The lowest BCUT2D eigenvalue weighted by Crippen LogP contribution is -2.55. The topological polar surface area (TPSA) is 51.7 Å². The summed E-state index contributed by atoms with van der Waals surface area (Å²) in [6.07, 6.45) is 7.87. The smallest absolute Gasteiger partial charge is 0.257 e. The third-order valence-electron chi connectivity index (χ3n) is 6.48. The first kappa shape index (κ1) is 29.0. The molecule has 2 heterocycles. The molecule has 4 rings (SSSR count). The maximum atomic E-state index is 13.8. The summed E-state index contributed by atoms with van der Waals surface area (Å²) in [5.41, 5.74) is -0.476. The molecule has 1 aromatic heterocycles. The predicted molar refractivity (Wildman–Crippen MR) is 144 cm³/mol. The summed E-state index contributed by atoms with van der Waals surface area (Å²) in [6.45, 7) is 13.5. The number of ether oxygens (including phenoxy) is 2. The van der Waals surface area contributed by atoms with Gasteiger partial charge in [0.05, 0.1) is 15.6 Å². The second-order valence-electron chi connectivity index (χ2n) is 9.46. The van der Waals surface area contributed by atoms with Crippen LogP contribution in [0.15, 0.2) is 30.9 Å². The van der Waals surface area contributed by atoms with Gasteiger partial charge >= 0.3 is 0 Å². The Bertz CT molecular complexity index is 1200. The van der Waals surface area contributed by atoms with E-state index in [4.69, 9.17) is 14.5 Å². The van der Waals surface area contributed by atoms with Crippen LogP contribution >= 0.6 is 11.3 Å². The number of aromatic nitrogens is 1. The van der Waals surface area contributed by atoms with Gasteiger partial charge in [-0.3, -0.25) is 4.79 Å². The molecule has 1 spiro atoms. The summed E-state index contributed by atoms with van der Waals surface area (Å²) < 4.78 is 41.1. The fraction of sp³-hybridized carbons (Fsp3) is 0.517. The molecule has 1 saturated carbocycles. The Morgan fingerprint density at radius 3 is 2.51 bits per heavy atom. The molecule has 37 heavy (non-hydrogen) atoms. The van der Waals surface area contributed by atoms with Crippen molar-refractivity contribution in [1.29, 1.82) is 0 Å². The van der Waals surface area contributed by atoms with E-state index in [0.29, 0.717) is 24.8 Å². The highest BCUT2D eigenvalue weighted by Crippen LogP contribution is 2.46. The van der Waals surface area contributed by atoms with Gasteiger partial charge in [0.25, 0.3) is 5.91 Å². The summed E-state index contributed by atoms with van der Waals surface area (Å²) in [5, 5.41) is 1.91. The van der Waals surface area contributed by atoms with Crippen molar-refractivity contribution in [3.63, 3.8) is 0 Å². The molecule has 1 unspecified atom stereocenters. The molecule has 1 aliphatic carbocycles. The van der Waals surface area contributed by atoms with Gasteiger partial charge in [-0.2, -0.15) is 0 Å². The van der Waals surface area contributed by atoms with Gasteiger partial charge in [0.15, 0.2) is 5.60 Å². The molecule has 0 N–H and O–H groups in total. The lowest BCUT2D eigenvalue weighted by atomic mass is 9.76. The molecule has 1 aliphatic heterocycles.